The number of ether oxygens (including phenoxy) is 1. The number of hydrogen-bond donors (Lipinski definition) is 3. The maximum absolute atomic E-state index is 13.1. The summed E-state index contributed by atoms with van der Waals surface area (Å²) in [6.45, 7) is 2.01. The molecule has 13 heteroatoms. The molecule has 1 heterocycles. The maximum atomic E-state index is 13.1. The first-order valence-corrected chi connectivity index (χ1v) is 12.0. The number of anilines is 1. The molecule has 1 saturated heterocycles. The van der Waals surface area contributed by atoms with Gasteiger partial charge in [-0.15, -0.1) is 0 Å². The fourth-order valence-corrected chi connectivity index (χ4v) is 4.71. The van der Waals surface area contributed by atoms with Gasteiger partial charge in [0, 0.05) is 19.1 Å². The molecular weight excluding hydrogens is 465 g/mol. The first-order valence-electron chi connectivity index (χ1n) is 10.6. The molecule has 1 aromatic carbocycles. The van der Waals surface area contributed by atoms with Crippen LogP contribution in [-0.4, -0.2) is 63.1 Å². The van der Waals surface area contributed by atoms with Crippen molar-refractivity contribution in [2.75, 3.05) is 31.6 Å². The van der Waals surface area contributed by atoms with E-state index in [0.717, 1.165) is 37.8 Å². The van der Waals surface area contributed by atoms with Crippen molar-refractivity contribution in [2.24, 2.45) is 0 Å². The van der Waals surface area contributed by atoms with Crippen LogP contribution in [-0.2, 0) is 14.8 Å². The molecule has 0 radical (unpaired) electrons. The highest BCUT2D eigenvalue weighted by Crippen LogP contribution is 2.31. The smallest absolute Gasteiger partial charge is 0.422 e. The molecule has 1 aliphatic rings. The van der Waals surface area contributed by atoms with Crippen LogP contribution in [0.1, 0.15) is 39.5 Å². The highest BCUT2D eigenvalue weighted by Gasteiger charge is 2.30. The summed E-state index contributed by atoms with van der Waals surface area (Å²) >= 11 is 0. The van der Waals surface area contributed by atoms with E-state index in [1.54, 1.807) is 13.8 Å². The standard InChI is InChI=1S/C20H29F3N4O5S/c1-14(2)25-19(29)26-18(28)12-24-16-11-15(7-8-17(16)32-13-20(21,22)23)33(30,31)27-9-5-3-4-6-10-27/h7-8,11,14,24H,3-6,9-10,12-13H2,1-2H3,(H2,25,26,28,29). The Labute approximate surface area is 191 Å². The summed E-state index contributed by atoms with van der Waals surface area (Å²) in [4.78, 5) is 23.5. The van der Waals surface area contributed by atoms with Gasteiger partial charge in [-0.05, 0) is 44.9 Å². The summed E-state index contributed by atoms with van der Waals surface area (Å²) < 4.78 is 70.1. The fraction of sp³-hybridized carbons (Fsp3) is 0.600. The number of halogens is 3. The average molecular weight is 495 g/mol. The Morgan fingerprint density at radius 3 is 2.33 bits per heavy atom. The number of benzene rings is 1. The van der Waals surface area contributed by atoms with E-state index in [4.69, 9.17) is 4.74 Å². The lowest BCUT2D eigenvalue weighted by molar-refractivity contribution is -0.153. The molecule has 3 amide bonds. The van der Waals surface area contributed by atoms with Crippen LogP contribution in [0.2, 0.25) is 0 Å². The van der Waals surface area contributed by atoms with E-state index in [1.807, 2.05) is 0 Å². The van der Waals surface area contributed by atoms with Crippen LogP contribution in [0.25, 0.3) is 0 Å². The highest BCUT2D eigenvalue weighted by molar-refractivity contribution is 7.89. The highest BCUT2D eigenvalue weighted by atomic mass is 32.2. The molecule has 3 N–H and O–H groups in total. The number of urea groups is 1. The van der Waals surface area contributed by atoms with Crippen LogP contribution in [0.15, 0.2) is 23.1 Å². The first-order chi connectivity index (χ1) is 15.4. The maximum Gasteiger partial charge on any atom is 0.422 e. The number of carbonyl (C=O) groups is 2. The lowest BCUT2D eigenvalue weighted by Gasteiger charge is -2.21. The lowest BCUT2D eigenvalue weighted by atomic mass is 10.2. The van der Waals surface area contributed by atoms with E-state index < -0.39 is 41.3 Å². The number of sulfonamides is 1. The SMILES string of the molecule is CC(C)NC(=O)NC(=O)CNc1cc(S(=O)(=O)N2CCCCCC2)ccc1OCC(F)(F)F. The molecule has 0 unspecified atom stereocenters. The number of amides is 3. The molecule has 0 aliphatic carbocycles. The van der Waals surface area contributed by atoms with Crippen molar-refractivity contribution >= 4 is 27.6 Å². The molecule has 2 rings (SSSR count). The third-order valence-corrected chi connectivity index (χ3v) is 6.55. The Balaban J connectivity index is 2.22. The van der Waals surface area contributed by atoms with E-state index in [2.05, 4.69) is 16.0 Å². The van der Waals surface area contributed by atoms with E-state index in [1.165, 1.54) is 10.4 Å². The quantitative estimate of drug-likeness (QED) is 0.512. The Hall–Kier alpha value is -2.54. The second kappa shape index (κ2) is 11.5. The van der Waals surface area contributed by atoms with Crippen molar-refractivity contribution in [3.63, 3.8) is 0 Å². The molecule has 0 atom stereocenters. The van der Waals surface area contributed by atoms with Gasteiger partial charge in [0.15, 0.2) is 6.61 Å². The van der Waals surface area contributed by atoms with Gasteiger partial charge in [0.2, 0.25) is 15.9 Å². The summed E-state index contributed by atoms with van der Waals surface area (Å²) in [6, 6.07) is 2.47. The molecule has 0 bridgehead atoms. The van der Waals surface area contributed by atoms with Crippen molar-refractivity contribution in [1.82, 2.24) is 14.9 Å². The predicted octanol–water partition coefficient (Wildman–Crippen LogP) is 2.84. The molecule has 33 heavy (non-hydrogen) atoms. The minimum Gasteiger partial charge on any atom is -0.482 e. The molecule has 0 aromatic heterocycles. The monoisotopic (exact) mass is 494 g/mol. The van der Waals surface area contributed by atoms with Crippen molar-refractivity contribution in [1.29, 1.82) is 0 Å². The number of carbonyl (C=O) groups excluding carboxylic acids is 2. The number of hydrogen-bond acceptors (Lipinski definition) is 6. The zero-order valence-electron chi connectivity index (χ0n) is 18.5. The average Bonchev–Trinajstić information content (AvgIpc) is 2.99. The molecule has 1 fully saturated rings. The van der Waals surface area contributed by atoms with Crippen molar-refractivity contribution in [3.05, 3.63) is 18.2 Å². The number of rotatable bonds is 8. The van der Waals surface area contributed by atoms with Crippen LogP contribution < -0.4 is 20.7 Å². The van der Waals surface area contributed by atoms with Gasteiger partial charge < -0.3 is 15.4 Å². The zero-order chi connectivity index (χ0) is 24.6. The van der Waals surface area contributed by atoms with Gasteiger partial charge in [0.1, 0.15) is 5.75 Å². The fourth-order valence-electron chi connectivity index (χ4n) is 3.17. The van der Waals surface area contributed by atoms with Crippen LogP contribution in [0, 0.1) is 0 Å². The van der Waals surface area contributed by atoms with Gasteiger partial charge >= 0.3 is 12.2 Å². The van der Waals surface area contributed by atoms with E-state index >= 15 is 0 Å². The Kier molecular flexibility index (Phi) is 9.35. The lowest BCUT2D eigenvalue weighted by Crippen LogP contribution is -2.44. The molecule has 1 aromatic rings. The Bertz CT molecular complexity index is 930. The van der Waals surface area contributed by atoms with Gasteiger partial charge in [-0.25, -0.2) is 13.2 Å². The summed E-state index contributed by atoms with van der Waals surface area (Å²) in [7, 11) is -3.89. The predicted molar refractivity (Wildman–Crippen MR) is 116 cm³/mol. The third-order valence-electron chi connectivity index (χ3n) is 4.66. The van der Waals surface area contributed by atoms with Crippen LogP contribution in [0.5, 0.6) is 5.75 Å². The third kappa shape index (κ3) is 8.72. The van der Waals surface area contributed by atoms with E-state index in [0.29, 0.717) is 13.1 Å². The summed E-state index contributed by atoms with van der Waals surface area (Å²) in [5, 5.41) is 7.09. The van der Waals surface area contributed by atoms with Gasteiger partial charge in [-0.2, -0.15) is 17.5 Å². The number of nitrogens with one attached hydrogen (secondary N) is 3. The summed E-state index contributed by atoms with van der Waals surface area (Å²) in [5.41, 5.74) is -0.116. The number of nitrogens with zero attached hydrogens (tertiary/aromatic N) is 1. The largest absolute Gasteiger partial charge is 0.482 e. The topological polar surface area (TPSA) is 117 Å². The van der Waals surface area contributed by atoms with E-state index in [9.17, 15) is 31.2 Å². The minimum atomic E-state index is -4.61. The van der Waals surface area contributed by atoms with Crippen molar-refractivity contribution in [2.45, 2.75) is 56.6 Å². The second-order valence-corrected chi connectivity index (χ2v) is 9.85. The summed E-state index contributed by atoms with van der Waals surface area (Å²) in [5.74, 6) is -1.04. The number of imide groups is 1. The number of alkyl halides is 3. The molecule has 0 saturated carbocycles. The van der Waals surface area contributed by atoms with Crippen LogP contribution >= 0.6 is 0 Å². The van der Waals surface area contributed by atoms with Gasteiger partial charge in [-0.3, -0.25) is 10.1 Å². The molecule has 1 aliphatic heterocycles. The molecule has 9 nitrogen and oxygen atoms in total. The normalized spacial score (nSPS) is 15.6. The van der Waals surface area contributed by atoms with Gasteiger partial charge in [0.05, 0.1) is 17.1 Å². The van der Waals surface area contributed by atoms with Crippen LogP contribution in [0.4, 0.5) is 23.7 Å². The van der Waals surface area contributed by atoms with Crippen molar-refractivity contribution in [3.8, 4) is 5.75 Å². The first kappa shape index (κ1) is 26.7. The summed E-state index contributed by atoms with van der Waals surface area (Å²) in [6.07, 6.45) is -1.34. The van der Waals surface area contributed by atoms with E-state index in [-0.39, 0.29) is 22.4 Å². The van der Waals surface area contributed by atoms with Gasteiger partial charge in [-0.1, -0.05) is 12.8 Å². The van der Waals surface area contributed by atoms with Gasteiger partial charge in [0.25, 0.3) is 0 Å². The molecule has 186 valence electrons. The Morgan fingerprint density at radius 2 is 1.76 bits per heavy atom. The Morgan fingerprint density at radius 1 is 1.12 bits per heavy atom. The molecular formula is C20H29F3N4O5S. The second-order valence-electron chi connectivity index (χ2n) is 7.91. The molecule has 0 spiro atoms. The van der Waals surface area contributed by atoms with Crippen molar-refractivity contribution < 1.29 is 35.9 Å². The van der Waals surface area contributed by atoms with Crippen LogP contribution in [0.3, 0.4) is 0 Å². The zero-order valence-corrected chi connectivity index (χ0v) is 19.3. The minimum absolute atomic E-state index is 0.116.